The Morgan fingerprint density at radius 2 is 2.53 bits per heavy atom. The summed E-state index contributed by atoms with van der Waals surface area (Å²) in [5.74, 6) is 0.583. The van der Waals surface area contributed by atoms with E-state index in [1.165, 1.54) is 5.56 Å². The quantitative estimate of drug-likeness (QED) is 0.835. The van der Waals surface area contributed by atoms with Crippen molar-refractivity contribution < 1.29 is 4.74 Å². The third-order valence-electron chi connectivity index (χ3n) is 3.09. The molecule has 1 aliphatic rings. The molecule has 4 nitrogen and oxygen atoms in total. The third kappa shape index (κ3) is 4.07. The first kappa shape index (κ1) is 12.5. The summed E-state index contributed by atoms with van der Waals surface area (Å²) in [6.07, 6.45) is 3.77. The summed E-state index contributed by atoms with van der Waals surface area (Å²) < 4.78 is 5.26. The highest BCUT2D eigenvalue weighted by Crippen LogP contribution is 2.08. The minimum Gasteiger partial charge on any atom is -0.384 e. The molecular formula is C13H21N3O. The fraction of sp³-hybridized carbons (Fsp3) is 0.615. The van der Waals surface area contributed by atoms with E-state index in [9.17, 15) is 0 Å². The molecule has 1 fully saturated rings. The Morgan fingerprint density at radius 3 is 3.29 bits per heavy atom. The average molecular weight is 235 g/mol. The van der Waals surface area contributed by atoms with Crippen molar-refractivity contribution in [3.63, 3.8) is 0 Å². The number of ether oxygens (including phenoxy) is 1. The topological polar surface area (TPSA) is 37.4 Å². The summed E-state index contributed by atoms with van der Waals surface area (Å²) in [5, 5.41) is 3.46. The van der Waals surface area contributed by atoms with Crippen LogP contribution in [0.25, 0.3) is 0 Å². The van der Waals surface area contributed by atoms with E-state index in [0.717, 1.165) is 39.3 Å². The lowest BCUT2D eigenvalue weighted by Gasteiger charge is -2.23. The Bertz CT molecular complexity index is 318. The van der Waals surface area contributed by atoms with Crippen LogP contribution in [0.2, 0.25) is 0 Å². The van der Waals surface area contributed by atoms with Gasteiger partial charge in [0, 0.05) is 58.1 Å². The van der Waals surface area contributed by atoms with Gasteiger partial charge in [-0.25, -0.2) is 0 Å². The zero-order valence-corrected chi connectivity index (χ0v) is 10.4. The molecule has 1 N–H and O–H groups in total. The number of methoxy groups -OCH3 is 1. The zero-order valence-electron chi connectivity index (χ0n) is 10.4. The van der Waals surface area contributed by atoms with E-state index >= 15 is 0 Å². The lowest BCUT2D eigenvalue weighted by atomic mass is 10.1. The van der Waals surface area contributed by atoms with Crippen LogP contribution >= 0.6 is 0 Å². The molecule has 0 aromatic carbocycles. The van der Waals surface area contributed by atoms with E-state index in [4.69, 9.17) is 4.74 Å². The first-order chi connectivity index (χ1) is 8.38. The maximum atomic E-state index is 5.26. The third-order valence-corrected chi connectivity index (χ3v) is 3.09. The zero-order chi connectivity index (χ0) is 11.9. The Morgan fingerprint density at radius 1 is 1.59 bits per heavy atom. The molecule has 0 saturated carbocycles. The van der Waals surface area contributed by atoms with Crippen molar-refractivity contribution in [2.45, 2.75) is 6.54 Å². The van der Waals surface area contributed by atoms with Crippen LogP contribution in [-0.2, 0) is 11.3 Å². The Labute approximate surface area is 103 Å². The van der Waals surface area contributed by atoms with Crippen molar-refractivity contribution in [2.24, 2.45) is 5.92 Å². The van der Waals surface area contributed by atoms with Crippen LogP contribution in [0.15, 0.2) is 24.5 Å². The van der Waals surface area contributed by atoms with Gasteiger partial charge in [-0.1, -0.05) is 6.07 Å². The second-order valence-corrected chi connectivity index (χ2v) is 4.62. The van der Waals surface area contributed by atoms with E-state index in [-0.39, 0.29) is 0 Å². The molecule has 1 aromatic rings. The standard InChI is InChI=1S/C13H21N3O/c1-17-11-13-8-15-5-6-16(10-13)9-12-3-2-4-14-7-12/h2-4,7,13,15H,5-6,8-11H2,1H3/t13-/m1/s1. The molecule has 4 heteroatoms. The second-order valence-electron chi connectivity index (χ2n) is 4.62. The summed E-state index contributed by atoms with van der Waals surface area (Å²) >= 11 is 0. The van der Waals surface area contributed by atoms with Gasteiger partial charge in [-0.3, -0.25) is 9.88 Å². The number of nitrogens with one attached hydrogen (secondary N) is 1. The fourth-order valence-corrected chi connectivity index (χ4v) is 2.31. The normalized spacial score (nSPS) is 22.3. The molecule has 0 amide bonds. The molecule has 0 spiro atoms. The molecule has 17 heavy (non-hydrogen) atoms. The number of hydrogen-bond donors (Lipinski definition) is 1. The number of rotatable bonds is 4. The molecule has 0 aliphatic carbocycles. The minimum atomic E-state index is 0.583. The van der Waals surface area contributed by atoms with E-state index in [0.29, 0.717) is 5.92 Å². The number of nitrogens with zero attached hydrogens (tertiary/aromatic N) is 2. The van der Waals surface area contributed by atoms with Crippen LogP contribution in [0.1, 0.15) is 5.56 Å². The number of pyridine rings is 1. The molecule has 2 heterocycles. The van der Waals surface area contributed by atoms with Crippen molar-refractivity contribution in [1.29, 1.82) is 0 Å². The highest BCUT2D eigenvalue weighted by atomic mass is 16.5. The predicted octanol–water partition coefficient (Wildman–Crippen LogP) is 0.749. The molecule has 0 unspecified atom stereocenters. The van der Waals surface area contributed by atoms with E-state index < -0.39 is 0 Å². The fourth-order valence-electron chi connectivity index (χ4n) is 2.31. The molecule has 1 aliphatic heterocycles. The van der Waals surface area contributed by atoms with Gasteiger partial charge in [0.15, 0.2) is 0 Å². The van der Waals surface area contributed by atoms with Gasteiger partial charge in [0.1, 0.15) is 0 Å². The van der Waals surface area contributed by atoms with Gasteiger partial charge in [0.05, 0.1) is 6.61 Å². The lowest BCUT2D eigenvalue weighted by molar-refractivity contribution is 0.129. The molecule has 0 radical (unpaired) electrons. The number of aromatic nitrogens is 1. The predicted molar refractivity (Wildman–Crippen MR) is 67.7 cm³/mol. The van der Waals surface area contributed by atoms with E-state index in [1.54, 1.807) is 7.11 Å². The molecule has 94 valence electrons. The van der Waals surface area contributed by atoms with Crippen molar-refractivity contribution in [3.05, 3.63) is 30.1 Å². The summed E-state index contributed by atoms with van der Waals surface area (Å²) in [6.45, 7) is 6.11. The van der Waals surface area contributed by atoms with Gasteiger partial charge >= 0.3 is 0 Å². The van der Waals surface area contributed by atoms with Gasteiger partial charge in [-0.05, 0) is 11.6 Å². The van der Waals surface area contributed by atoms with Crippen molar-refractivity contribution in [2.75, 3.05) is 39.9 Å². The monoisotopic (exact) mass is 235 g/mol. The summed E-state index contributed by atoms with van der Waals surface area (Å²) in [6, 6.07) is 4.13. The van der Waals surface area contributed by atoms with Crippen LogP contribution in [0.5, 0.6) is 0 Å². The molecule has 2 rings (SSSR count). The molecule has 1 saturated heterocycles. The minimum absolute atomic E-state index is 0.583. The van der Waals surface area contributed by atoms with Gasteiger partial charge in [0.2, 0.25) is 0 Å². The smallest absolute Gasteiger partial charge is 0.0514 e. The summed E-state index contributed by atoms with van der Waals surface area (Å²) in [5.41, 5.74) is 1.28. The average Bonchev–Trinajstić information content (AvgIpc) is 2.56. The largest absolute Gasteiger partial charge is 0.384 e. The van der Waals surface area contributed by atoms with Crippen LogP contribution < -0.4 is 5.32 Å². The lowest BCUT2D eigenvalue weighted by Crippen LogP contribution is -2.31. The van der Waals surface area contributed by atoms with Crippen LogP contribution in [0.4, 0.5) is 0 Å². The molecule has 1 atom stereocenters. The van der Waals surface area contributed by atoms with Crippen molar-refractivity contribution >= 4 is 0 Å². The van der Waals surface area contributed by atoms with Crippen molar-refractivity contribution in [3.8, 4) is 0 Å². The first-order valence-corrected chi connectivity index (χ1v) is 6.19. The molecular weight excluding hydrogens is 214 g/mol. The first-order valence-electron chi connectivity index (χ1n) is 6.19. The van der Waals surface area contributed by atoms with Gasteiger partial charge in [0.25, 0.3) is 0 Å². The van der Waals surface area contributed by atoms with Crippen LogP contribution in [-0.4, -0.2) is 49.8 Å². The van der Waals surface area contributed by atoms with E-state index in [2.05, 4.69) is 21.3 Å². The SMILES string of the molecule is COC[C@@H]1CNCCN(Cc2cccnc2)C1. The number of hydrogen-bond acceptors (Lipinski definition) is 4. The molecule has 1 aromatic heterocycles. The van der Waals surface area contributed by atoms with Gasteiger partial charge in [-0.2, -0.15) is 0 Å². The van der Waals surface area contributed by atoms with E-state index in [1.807, 2.05) is 18.5 Å². The highest BCUT2D eigenvalue weighted by Gasteiger charge is 2.17. The van der Waals surface area contributed by atoms with Crippen LogP contribution in [0.3, 0.4) is 0 Å². The maximum absolute atomic E-state index is 5.26. The van der Waals surface area contributed by atoms with Crippen LogP contribution in [0, 0.1) is 5.92 Å². The Kier molecular flexibility index (Phi) is 4.91. The Hall–Kier alpha value is -0.970. The van der Waals surface area contributed by atoms with Crippen molar-refractivity contribution in [1.82, 2.24) is 15.2 Å². The Balaban J connectivity index is 1.90. The van der Waals surface area contributed by atoms with Gasteiger partial charge in [-0.15, -0.1) is 0 Å². The maximum Gasteiger partial charge on any atom is 0.0514 e. The molecule has 0 bridgehead atoms. The van der Waals surface area contributed by atoms with Gasteiger partial charge < -0.3 is 10.1 Å². The second kappa shape index (κ2) is 6.69. The summed E-state index contributed by atoms with van der Waals surface area (Å²) in [4.78, 5) is 6.63. The highest BCUT2D eigenvalue weighted by molar-refractivity contribution is 5.08. The summed E-state index contributed by atoms with van der Waals surface area (Å²) in [7, 11) is 1.77.